The van der Waals surface area contributed by atoms with E-state index in [1.807, 2.05) is 18.2 Å². The summed E-state index contributed by atoms with van der Waals surface area (Å²) in [4.78, 5) is 0. The maximum absolute atomic E-state index is 13.7. The molecule has 2 rings (SSSR count). The Morgan fingerprint density at radius 2 is 1.83 bits per heavy atom. The van der Waals surface area contributed by atoms with Crippen molar-refractivity contribution >= 4 is 27.5 Å². The average molecular weight is 328 g/mol. The van der Waals surface area contributed by atoms with Gasteiger partial charge in [0.1, 0.15) is 5.82 Å². The van der Waals surface area contributed by atoms with E-state index in [-0.39, 0.29) is 11.7 Å². The summed E-state index contributed by atoms with van der Waals surface area (Å²) in [6, 6.07) is 14.8. The van der Waals surface area contributed by atoms with Gasteiger partial charge in [0.25, 0.3) is 0 Å². The van der Waals surface area contributed by atoms with E-state index in [2.05, 4.69) is 28.1 Å². The van der Waals surface area contributed by atoms with Gasteiger partial charge in [-0.15, -0.1) is 0 Å². The molecule has 0 fully saturated rings. The molecule has 0 amide bonds. The van der Waals surface area contributed by atoms with E-state index in [9.17, 15) is 4.39 Å². The first-order chi connectivity index (χ1) is 8.70. The van der Waals surface area contributed by atoms with Crippen molar-refractivity contribution in [2.75, 3.05) is 5.33 Å². The largest absolute Gasteiger partial charge is 0.207 e. The molecule has 3 heteroatoms. The van der Waals surface area contributed by atoms with Gasteiger partial charge < -0.3 is 0 Å². The second-order valence-electron chi connectivity index (χ2n) is 4.20. The van der Waals surface area contributed by atoms with Crippen LogP contribution in [0.1, 0.15) is 17.0 Å². The summed E-state index contributed by atoms with van der Waals surface area (Å²) in [5, 5.41) is 1.37. The van der Waals surface area contributed by atoms with E-state index in [1.165, 1.54) is 11.6 Å². The summed E-state index contributed by atoms with van der Waals surface area (Å²) in [6.45, 7) is 0. The number of hydrogen-bond acceptors (Lipinski definition) is 0. The van der Waals surface area contributed by atoms with Gasteiger partial charge in [0, 0.05) is 10.4 Å². The Hall–Kier alpha value is -0.860. The quantitative estimate of drug-likeness (QED) is 0.677. The molecular weight excluding hydrogens is 315 g/mol. The number of hydrogen-bond donors (Lipinski definition) is 0. The maximum atomic E-state index is 13.7. The number of halogens is 3. The van der Waals surface area contributed by atoms with E-state index in [1.54, 1.807) is 12.1 Å². The molecule has 0 saturated carbocycles. The van der Waals surface area contributed by atoms with Gasteiger partial charge in [0.05, 0.1) is 0 Å². The van der Waals surface area contributed by atoms with Crippen molar-refractivity contribution < 1.29 is 4.39 Å². The van der Waals surface area contributed by atoms with Crippen molar-refractivity contribution in [3.8, 4) is 0 Å². The normalized spacial score (nSPS) is 12.4. The van der Waals surface area contributed by atoms with Crippen molar-refractivity contribution in [3.05, 3.63) is 70.5 Å². The van der Waals surface area contributed by atoms with E-state index in [0.29, 0.717) is 17.0 Å². The molecule has 0 aliphatic heterocycles. The van der Waals surface area contributed by atoms with E-state index in [0.717, 1.165) is 5.33 Å². The van der Waals surface area contributed by atoms with Crippen molar-refractivity contribution in [2.24, 2.45) is 0 Å². The van der Waals surface area contributed by atoms with Gasteiger partial charge in [-0.05, 0) is 41.7 Å². The Morgan fingerprint density at radius 1 is 1.11 bits per heavy atom. The molecule has 2 aromatic carbocycles. The van der Waals surface area contributed by atoms with Crippen LogP contribution in [0.4, 0.5) is 4.39 Å². The molecule has 0 saturated heterocycles. The minimum absolute atomic E-state index is 0.193. The lowest BCUT2D eigenvalue weighted by Crippen LogP contribution is -2.05. The van der Waals surface area contributed by atoms with Crippen LogP contribution < -0.4 is 0 Å². The molecule has 0 aliphatic rings. The fourth-order valence-corrected chi connectivity index (χ4v) is 2.75. The van der Waals surface area contributed by atoms with Crippen LogP contribution in [0, 0.1) is 5.82 Å². The predicted molar refractivity (Wildman–Crippen MR) is 78.1 cm³/mol. The van der Waals surface area contributed by atoms with Gasteiger partial charge in [0.2, 0.25) is 0 Å². The lowest BCUT2D eigenvalue weighted by molar-refractivity contribution is 0.599. The Kier molecular flexibility index (Phi) is 4.79. The zero-order chi connectivity index (χ0) is 13.0. The lowest BCUT2D eigenvalue weighted by atomic mass is 9.93. The van der Waals surface area contributed by atoms with Crippen LogP contribution in [0.15, 0.2) is 48.5 Å². The van der Waals surface area contributed by atoms with Crippen LogP contribution >= 0.6 is 27.5 Å². The summed E-state index contributed by atoms with van der Waals surface area (Å²) in [5.41, 5.74) is 1.87. The first-order valence-corrected chi connectivity index (χ1v) is 7.25. The molecule has 1 atom stereocenters. The smallest absolute Gasteiger partial charge is 0.126 e. The average Bonchev–Trinajstić information content (AvgIpc) is 2.41. The molecule has 94 valence electrons. The van der Waals surface area contributed by atoms with E-state index in [4.69, 9.17) is 11.6 Å². The monoisotopic (exact) mass is 326 g/mol. The second kappa shape index (κ2) is 6.35. The molecule has 2 aromatic rings. The van der Waals surface area contributed by atoms with Gasteiger partial charge in [-0.3, -0.25) is 0 Å². The topological polar surface area (TPSA) is 0 Å². The minimum atomic E-state index is -0.193. The van der Waals surface area contributed by atoms with E-state index >= 15 is 0 Å². The zero-order valence-corrected chi connectivity index (χ0v) is 12.1. The summed E-state index contributed by atoms with van der Waals surface area (Å²) in [7, 11) is 0. The Morgan fingerprint density at radius 3 is 2.50 bits per heavy atom. The SMILES string of the molecule is Fc1ccc(Cl)cc1CC(CBr)c1ccccc1. The molecule has 0 aromatic heterocycles. The Bertz CT molecular complexity index is 513. The first kappa shape index (κ1) is 13.6. The molecule has 0 N–H and O–H groups in total. The lowest BCUT2D eigenvalue weighted by Gasteiger charge is -2.15. The third-order valence-electron chi connectivity index (χ3n) is 2.93. The Balaban J connectivity index is 2.23. The zero-order valence-electron chi connectivity index (χ0n) is 9.74. The third-order valence-corrected chi connectivity index (χ3v) is 3.95. The number of benzene rings is 2. The number of alkyl halides is 1. The third kappa shape index (κ3) is 3.33. The van der Waals surface area contributed by atoms with Crippen LogP contribution in [-0.4, -0.2) is 5.33 Å². The van der Waals surface area contributed by atoms with Crippen LogP contribution in [-0.2, 0) is 6.42 Å². The maximum Gasteiger partial charge on any atom is 0.126 e. The van der Waals surface area contributed by atoms with Gasteiger partial charge in [0.15, 0.2) is 0 Å². The molecule has 0 spiro atoms. The molecule has 0 nitrogen and oxygen atoms in total. The van der Waals surface area contributed by atoms with E-state index < -0.39 is 0 Å². The fourth-order valence-electron chi connectivity index (χ4n) is 1.95. The molecule has 0 radical (unpaired) electrons. The minimum Gasteiger partial charge on any atom is -0.207 e. The molecule has 18 heavy (non-hydrogen) atoms. The van der Waals surface area contributed by atoms with Gasteiger partial charge in [-0.2, -0.15) is 0 Å². The van der Waals surface area contributed by atoms with Gasteiger partial charge in [-0.25, -0.2) is 4.39 Å². The van der Waals surface area contributed by atoms with Gasteiger partial charge in [-0.1, -0.05) is 57.9 Å². The predicted octanol–water partition coefficient (Wildman–Crippen LogP) is 5.20. The fraction of sp³-hybridized carbons (Fsp3) is 0.200. The molecule has 1 unspecified atom stereocenters. The van der Waals surface area contributed by atoms with Crippen molar-refractivity contribution in [3.63, 3.8) is 0 Å². The highest BCUT2D eigenvalue weighted by atomic mass is 79.9. The Labute approximate surface area is 120 Å². The summed E-state index contributed by atoms with van der Waals surface area (Å²) in [6.07, 6.45) is 0.641. The van der Waals surface area contributed by atoms with Crippen LogP contribution in [0.5, 0.6) is 0 Å². The highest BCUT2D eigenvalue weighted by molar-refractivity contribution is 9.09. The van der Waals surface area contributed by atoms with Gasteiger partial charge >= 0.3 is 0 Å². The second-order valence-corrected chi connectivity index (χ2v) is 5.29. The van der Waals surface area contributed by atoms with Crippen molar-refractivity contribution in [2.45, 2.75) is 12.3 Å². The standard InChI is InChI=1S/C15H13BrClF/c16-10-13(11-4-2-1-3-5-11)8-12-9-14(17)6-7-15(12)18/h1-7,9,13H,8,10H2. The van der Waals surface area contributed by atoms with Crippen molar-refractivity contribution in [1.29, 1.82) is 0 Å². The molecular formula is C15H13BrClF. The molecule has 0 heterocycles. The van der Waals surface area contributed by atoms with Crippen LogP contribution in [0.25, 0.3) is 0 Å². The molecule has 0 aliphatic carbocycles. The van der Waals surface area contributed by atoms with Crippen molar-refractivity contribution in [1.82, 2.24) is 0 Å². The summed E-state index contributed by atoms with van der Waals surface area (Å²) < 4.78 is 13.7. The highest BCUT2D eigenvalue weighted by Gasteiger charge is 2.13. The van der Waals surface area contributed by atoms with Crippen LogP contribution in [0.3, 0.4) is 0 Å². The molecule has 0 bridgehead atoms. The summed E-state index contributed by atoms with van der Waals surface area (Å²) in [5.74, 6) is 0.0560. The van der Waals surface area contributed by atoms with Crippen LogP contribution in [0.2, 0.25) is 5.02 Å². The number of rotatable bonds is 4. The summed E-state index contributed by atoms with van der Waals surface area (Å²) >= 11 is 9.41. The first-order valence-electron chi connectivity index (χ1n) is 5.75. The highest BCUT2D eigenvalue weighted by Crippen LogP contribution is 2.25.